The van der Waals surface area contributed by atoms with Gasteiger partial charge in [0.1, 0.15) is 0 Å². The van der Waals surface area contributed by atoms with E-state index in [-0.39, 0.29) is 0 Å². The molecule has 4 radical (unpaired) electrons. The van der Waals surface area contributed by atoms with Crippen molar-refractivity contribution in [2.45, 2.75) is 92.5 Å². The molecule has 5 unspecified atom stereocenters. The minimum absolute atomic E-state index is 0.462. The largest absolute Gasteiger partial charge is 0.347 e. The fourth-order valence-corrected chi connectivity index (χ4v) is 3.30. The Hall–Kier alpha value is -0.0301. The summed E-state index contributed by atoms with van der Waals surface area (Å²) in [5, 5.41) is 0. The molecule has 0 amide bonds. The number of nitrogens with zero attached hydrogens (tertiary/aromatic N) is 4. The van der Waals surface area contributed by atoms with Gasteiger partial charge in [0.05, 0.1) is 0 Å². The Labute approximate surface area is 162 Å². The Bertz CT molecular complexity index is 294. The SMILES string of the molecule is CC.CC.[B]N1C(C)CN(C)C(C)C1C.[B]N1C(C)CN(C)CC1C. The van der Waals surface area contributed by atoms with Crippen LogP contribution in [0.15, 0.2) is 0 Å². The molecule has 2 saturated heterocycles. The molecule has 0 N–H and O–H groups in total. The van der Waals surface area contributed by atoms with E-state index in [1.165, 1.54) is 0 Å². The Morgan fingerprint density at radius 1 is 0.600 bits per heavy atom. The molecule has 2 aliphatic rings. The molecule has 0 aromatic carbocycles. The first-order chi connectivity index (χ1) is 11.6. The number of rotatable bonds is 0. The third-order valence-electron chi connectivity index (χ3n) is 5.09. The van der Waals surface area contributed by atoms with Crippen molar-refractivity contribution in [2.75, 3.05) is 33.7 Å². The van der Waals surface area contributed by atoms with Gasteiger partial charge in [-0.25, -0.2) is 0 Å². The fourth-order valence-electron chi connectivity index (χ4n) is 3.30. The van der Waals surface area contributed by atoms with Crippen LogP contribution in [0.5, 0.6) is 0 Å². The summed E-state index contributed by atoms with van der Waals surface area (Å²) in [4.78, 5) is 8.59. The molecule has 0 bridgehead atoms. The summed E-state index contributed by atoms with van der Waals surface area (Å²) in [6.45, 7) is 22.1. The molecule has 0 aromatic rings. The zero-order valence-electron chi connectivity index (χ0n) is 19.0. The maximum atomic E-state index is 5.88. The highest BCUT2D eigenvalue weighted by Crippen LogP contribution is 2.17. The van der Waals surface area contributed by atoms with Gasteiger partial charge in [-0.15, -0.1) is 0 Å². The summed E-state index contributed by atoms with van der Waals surface area (Å²) in [5.41, 5.74) is 0. The van der Waals surface area contributed by atoms with Crippen LogP contribution in [0, 0.1) is 0 Å². The van der Waals surface area contributed by atoms with E-state index >= 15 is 0 Å². The van der Waals surface area contributed by atoms with Crippen LogP contribution in [0.2, 0.25) is 0 Å². The highest BCUT2D eigenvalue weighted by atomic mass is 15.3. The van der Waals surface area contributed by atoms with Gasteiger partial charge < -0.3 is 19.4 Å². The second-order valence-corrected chi connectivity index (χ2v) is 7.08. The molecule has 2 aliphatic heterocycles. The van der Waals surface area contributed by atoms with Gasteiger partial charge in [0.15, 0.2) is 16.0 Å². The van der Waals surface area contributed by atoms with Gasteiger partial charge in [-0.05, 0) is 48.7 Å². The van der Waals surface area contributed by atoms with Crippen LogP contribution < -0.4 is 0 Å². The summed E-state index contributed by atoms with van der Waals surface area (Å²) >= 11 is 0. The molecular weight excluding hydrogens is 306 g/mol. The highest BCUT2D eigenvalue weighted by Gasteiger charge is 2.29. The maximum Gasteiger partial charge on any atom is 0.183 e. The van der Waals surface area contributed by atoms with Gasteiger partial charge in [0, 0.05) is 49.8 Å². The van der Waals surface area contributed by atoms with E-state index in [0.29, 0.717) is 30.2 Å². The van der Waals surface area contributed by atoms with Crippen molar-refractivity contribution in [1.29, 1.82) is 0 Å². The van der Waals surface area contributed by atoms with Crippen LogP contribution in [0.25, 0.3) is 0 Å². The van der Waals surface area contributed by atoms with Crippen LogP contribution >= 0.6 is 0 Å². The number of piperazine rings is 2. The zero-order chi connectivity index (χ0) is 20.3. The third-order valence-corrected chi connectivity index (χ3v) is 5.09. The van der Waals surface area contributed by atoms with E-state index in [4.69, 9.17) is 16.0 Å². The standard InChI is InChI=1S/C8H17BN2.C7H15BN2.2C2H6/c1-6-5-10(4)7(2)8(3)11(6)9;1-6-4-9(3)5-7(2)10(6)8;2*1-2/h6-8H,5H2,1-4H3;6-7H,4-5H2,1-3H3;2*1-2H3. The minimum atomic E-state index is 0.462. The summed E-state index contributed by atoms with van der Waals surface area (Å²) in [6.07, 6.45) is 0. The molecular formula is C19H44B2N4. The Balaban J connectivity index is 0. The molecule has 25 heavy (non-hydrogen) atoms. The second kappa shape index (κ2) is 14.1. The van der Waals surface area contributed by atoms with Gasteiger partial charge >= 0.3 is 0 Å². The lowest BCUT2D eigenvalue weighted by atomic mass is 9.97. The van der Waals surface area contributed by atoms with E-state index in [1.54, 1.807) is 0 Å². The Morgan fingerprint density at radius 3 is 1.36 bits per heavy atom. The molecule has 0 spiro atoms. The van der Waals surface area contributed by atoms with E-state index < -0.39 is 0 Å². The van der Waals surface area contributed by atoms with Crippen LogP contribution in [-0.2, 0) is 0 Å². The van der Waals surface area contributed by atoms with Gasteiger partial charge in [-0.2, -0.15) is 0 Å². The Kier molecular flexibility index (Phi) is 15.3. The average Bonchev–Trinajstić information content (AvgIpc) is 2.60. The number of likely N-dealkylation sites (N-methyl/N-ethyl adjacent to an activating group) is 2. The lowest BCUT2D eigenvalue weighted by Crippen LogP contribution is -2.58. The summed E-state index contributed by atoms with van der Waals surface area (Å²) in [5.74, 6) is 0. The Morgan fingerprint density at radius 2 is 0.960 bits per heavy atom. The van der Waals surface area contributed by atoms with Crippen molar-refractivity contribution in [1.82, 2.24) is 19.4 Å². The van der Waals surface area contributed by atoms with Gasteiger partial charge in [0.25, 0.3) is 0 Å². The fraction of sp³-hybridized carbons (Fsp3) is 1.00. The molecule has 146 valence electrons. The van der Waals surface area contributed by atoms with Gasteiger partial charge in [0.2, 0.25) is 0 Å². The van der Waals surface area contributed by atoms with Crippen molar-refractivity contribution >= 4 is 16.0 Å². The summed E-state index contributed by atoms with van der Waals surface area (Å²) in [7, 11) is 16.0. The summed E-state index contributed by atoms with van der Waals surface area (Å²) in [6, 6.07) is 2.49. The first-order valence-corrected chi connectivity index (χ1v) is 10.1. The topological polar surface area (TPSA) is 13.0 Å². The van der Waals surface area contributed by atoms with Gasteiger partial charge in [-0.3, -0.25) is 0 Å². The monoisotopic (exact) mass is 350 g/mol. The third kappa shape index (κ3) is 8.94. The van der Waals surface area contributed by atoms with Crippen molar-refractivity contribution in [3.05, 3.63) is 0 Å². The molecule has 0 saturated carbocycles. The molecule has 2 rings (SSSR count). The predicted molar refractivity (Wildman–Crippen MR) is 115 cm³/mol. The molecule has 5 atom stereocenters. The maximum absolute atomic E-state index is 5.88. The van der Waals surface area contributed by atoms with Crippen molar-refractivity contribution in [2.24, 2.45) is 0 Å². The smallest absolute Gasteiger partial charge is 0.183 e. The van der Waals surface area contributed by atoms with Crippen molar-refractivity contribution < 1.29 is 0 Å². The summed E-state index contributed by atoms with van der Waals surface area (Å²) < 4.78 is 0. The normalized spacial score (nSPS) is 34.6. The van der Waals surface area contributed by atoms with Crippen molar-refractivity contribution in [3.8, 4) is 0 Å². The van der Waals surface area contributed by atoms with Crippen LogP contribution in [-0.4, -0.2) is 99.3 Å². The molecule has 4 nitrogen and oxygen atoms in total. The van der Waals surface area contributed by atoms with E-state index in [0.717, 1.165) is 19.6 Å². The first kappa shape index (κ1) is 27.2. The molecule has 2 heterocycles. The van der Waals surface area contributed by atoms with E-state index in [1.807, 2.05) is 37.3 Å². The molecule has 6 heteroatoms. The van der Waals surface area contributed by atoms with Gasteiger partial charge in [-0.1, -0.05) is 27.7 Å². The van der Waals surface area contributed by atoms with Crippen LogP contribution in [0.1, 0.15) is 62.3 Å². The predicted octanol–water partition coefficient (Wildman–Crippen LogP) is 2.63. The number of hydrogen-bond acceptors (Lipinski definition) is 4. The van der Waals surface area contributed by atoms with Crippen LogP contribution in [0.3, 0.4) is 0 Å². The number of hydrogen-bond donors (Lipinski definition) is 0. The van der Waals surface area contributed by atoms with Crippen molar-refractivity contribution in [3.63, 3.8) is 0 Å². The molecule has 2 fully saturated rings. The average molecular weight is 350 g/mol. The second-order valence-electron chi connectivity index (χ2n) is 7.08. The lowest BCUT2D eigenvalue weighted by molar-refractivity contribution is 0.0726. The van der Waals surface area contributed by atoms with Crippen LogP contribution in [0.4, 0.5) is 0 Å². The van der Waals surface area contributed by atoms with E-state index in [9.17, 15) is 0 Å². The lowest BCUT2D eigenvalue weighted by Gasteiger charge is -2.46. The quantitative estimate of drug-likeness (QED) is 0.623. The molecule has 0 aliphatic carbocycles. The minimum Gasteiger partial charge on any atom is -0.347 e. The van der Waals surface area contributed by atoms with E-state index in [2.05, 4.69) is 58.5 Å². The zero-order valence-corrected chi connectivity index (χ0v) is 19.0. The highest BCUT2D eigenvalue weighted by molar-refractivity contribution is 6.05. The molecule has 0 aromatic heterocycles. The first-order valence-electron chi connectivity index (χ1n) is 10.1.